The fraction of sp³-hybridized carbons (Fsp3) is 0.522. The number of imidazole rings is 1. The summed E-state index contributed by atoms with van der Waals surface area (Å²) in [6.45, 7) is 1.64. The van der Waals surface area contributed by atoms with Crippen molar-refractivity contribution in [1.29, 1.82) is 0 Å². The van der Waals surface area contributed by atoms with Gasteiger partial charge in [0.2, 0.25) is 0 Å². The number of hydrogen-bond donors (Lipinski definition) is 3. The summed E-state index contributed by atoms with van der Waals surface area (Å²) in [5.41, 5.74) is 1.17. The molecule has 0 amide bonds. The number of aromatic nitrogens is 4. The number of aliphatic hydroxyl groups excluding tert-OH is 2. The molecule has 3 N–H and O–H groups in total. The Morgan fingerprint density at radius 3 is 2.60 bits per heavy atom. The lowest BCUT2D eigenvalue weighted by atomic mass is 10.1. The largest absolute Gasteiger partial charge is 0.416 e. The molecule has 12 heteroatoms. The summed E-state index contributed by atoms with van der Waals surface area (Å²) in [5, 5.41) is 24.4. The number of ether oxygens (including phenoxy) is 1. The average molecular weight is 493 g/mol. The molecule has 188 valence electrons. The second-order valence-corrected chi connectivity index (χ2v) is 9.17. The smallest absolute Gasteiger partial charge is 0.390 e. The van der Waals surface area contributed by atoms with E-state index in [4.69, 9.17) is 4.74 Å². The number of rotatable bonds is 6. The second-order valence-electron chi connectivity index (χ2n) is 9.17. The zero-order valence-corrected chi connectivity index (χ0v) is 19.1. The first-order chi connectivity index (χ1) is 16.8. The summed E-state index contributed by atoms with van der Waals surface area (Å²) in [5.74, 6) is 0.362. The van der Waals surface area contributed by atoms with Gasteiger partial charge in [-0.2, -0.15) is 13.2 Å². The van der Waals surface area contributed by atoms with Crippen LogP contribution in [0.15, 0.2) is 36.9 Å². The van der Waals surface area contributed by atoms with Crippen LogP contribution in [-0.4, -0.2) is 74.8 Å². The number of alkyl halides is 3. The molecule has 1 aliphatic carbocycles. The van der Waals surface area contributed by atoms with Crippen molar-refractivity contribution >= 4 is 22.7 Å². The minimum absolute atomic E-state index is 0.0190. The maximum absolute atomic E-state index is 12.8. The molecule has 1 saturated carbocycles. The summed E-state index contributed by atoms with van der Waals surface area (Å²) in [4.78, 5) is 15.2. The SMILES string of the molecule is COC[C@H]1C[C@@H](n2cnc3c(N[C@H]4CCN(c5ccc(C(F)(F)F)cc5)C4)ncnc32)[C@H](O)[C@@H]1O. The van der Waals surface area contributed by atoms with Crippen LogP contribution in [0.5, 0.6) is 0 Å². The molecule has 5 rings (SSSR count). The van der Waals surface area contributed by atoms with Gasteiger partial charge in [0, 0.05) is 37.8 Å². The van der Waals surface area contributed by atoms with Gasteiger partial charge in [0.15, 0.2) is 11.5 Å². The first kappa shape index (κ1) is 23.8. The Morgan fingerprint density at radius 2 is 1.89 bits per heavy atom. The van der Waals surface area contributed by atoms with Crippen LogP contribution < -0.4 is 10.2 Å². The van der Waals surface area contributed by atoms with Gasteiger partial charge >= 0.3 is 6.18 Å². The molecule has 2 fully saturated rings. The van der Waals surface area contributed by atoms with Gasteiger partial charge in [0.05, 0.1) is 30.6 Å². The van der Waals surface area contributed by atoms with Crippen molar-refractivity contribution in [3.63, 3.8) is 0 Å². The van der Waals surface area contributed by atoms with E-state index in [0.717, 1.165) is 24.2 Å². The van der Waals surface area contributed by atoms with Crippen LogP contribution >= 0.6 is 0 Å². The molecule has 1 saturated heterocycles. The number of nitrogens with zero attached hydrogens (tertiary/aromatic N) is 5. The van der Waals surface area contributed by atoms with Crippen LogP contribution in [0.25, 0.3) is 11.2 Å². The fourth-order valence-corrected chi connectivity index (χ4v) is 5.12. The highest BCUT2D eigenvalue weighted by Gasteiger charge is 2.43. The van der Waals surface area contributed by atoms with E-state index in [2.05, 4.69) is 20.3 Å². The number of methoxy groups -OCH3 is 1. The van der Waals surface area contributed by atoms with Crippen molar-refractivity contribution in [2.75, 3.05) is 37.0 Å². The van der Waals surface area contributed by atoms with E-state index in [1.807, 2.05) is 4.90 Å². The van der Waals surface area contributed by atoms with Crippen molar-refractivity contribution in [2.24, 2.45) is 5.92 Å². The lowest BCUT2D eigenvalue weighted by Gasteiger charge is -2.20. The van der Waals surface area contributed by atoms with Gasteiger partial charge in [0.25, 0.3) is 0 Å². The van der Waals surface area contributed by atoms with Crippen molar-refractivity contribution in [2.45, 2.75) is 43.3 Å². The third-order valence-corrected chi connectivity index (χ3v) is 6.96. The van der Waals surface area contributed by atoms with Crippen molar-refractivity contribution in [3.8, 4) is 0 Å². The van der Waals surface area contributed by atoms with Crippen LogP contribution in [0.3, 0.4) is 0 Å². The number of fused-ring (bicyclic) bond motifs is 1. The molecule has 2 aromatic heterocycles. The summed E-state index contributed by atoms with van der Waals surface area (Å²) in [7, 11) is 1.56. The molecule has 0 radical (unpaired) electrons. The molecular weight excluding hydrogens is 465 g/mol. The van der Waals surface area contributed by atoms with Gasteiger partial charge in [-0.25, -0.2) is 15.0 Å². The molecule has 0 unspecified atom stereocenters. The minimum Gasteiger partial charge on any atom is -0.390 e. The predicted molar refractivity (Wildman–Crippen MR) is 122 cm³/mol. The van der Waals surface area contributed by atoms with Gasteiger partial charge in [-0.05, 0) is 37.1 Å². The molecule has 0 spiro atoms. The Balaban J connectivity index is 1.30. The van der Waals surface area contributed by atoms with Gasteiger partial charge in [-0.3, -0.25) is 0 Å². The molecular formula is C23H27F3N6O3. The third-order valence-electron chi connectivity index (χ3n) is 6.96. The van der Waals surface area contributed by atoms with Crippen molar-refractivity contribution in [3.05, 3.63) is 42.5 Å². The van der Waals surface area contributed by atoms with Gasteiger partial charge in [0.1, 0.15) is 17.9 Å². The number of halogens is 3. The van der Waals surface area contributed by atoms with Crippen molar-refractivity contribution < 1.29 is 28.1 Å². The first-order valence-electron chi connectivity index (χ1n) is 11.5. The second kappa shape index (κ2) is 9.25. The quantitative estimate of drug-likeness (QED) is 0.482. The third kappa shape index (κ3) is 4.53. The molecule has 2 aliphatic rings. The van der Waals surface area contributed by atoms with E-state index in [1.54, 1.807) is 18.0 Å². The Morgan fingerprint density at radius 1 is 1.11 bits per heavy atom. The fourth-order valence-electron chi connectivity index (χ4n) is 5.12. The molecule has 35 heavy (non-hydrogen) atoms. The van der Waals surface area contributed by atoms with Gasteiger partial charge in [-0.15, -0.1) is 0 Å². The van der Waals surface area contributed by atoms with Crippen LogP contribution in [0, 0.1) is 5.92 Å². The molecule has 0 bridgehead atoms. The Kier molecular flexibility index (Phi) is 6.28. The highest BCUT2D eigenvalue weighted by Crippen LogP contribution is 2.37. The Bertz CT molecular complexity index is 1170. The standard InChI is InChI=1S/C23H27F3N6O3/c1-35-10-13-8-17(20(34)19(13)33)32-12-29-18-21(27-11-28-22(18)32)30-15-6-7-31(9-15)16-4-2-14(3-5-16)23(24,25)26/h2-5,11-13,15,17,19-20,33-34H,6-10H2,1H3,(H,27,28,30)/t13-,15+,17-,19-,20+/m1/s1. The zero-order chi connectivity index (χ0) is 24.7. The van der Waals surface area contributed by atoms with Crippen LogP contribution in [0.1, 0.15) is 24.4 Å². The topological polar surface area (TPSA) is 109 Å². The van der Waals surface area contributed by atoms with Crippen LogP contribution in [0.4, 0.5) is 24.7 Å². The average Bonchev–Trinajstić information content (AvgIpc) is 3.54. The summed E-state index contributed by atoms with van der Waals surface area (Å²) in [6.07, 6.45) is -1.89. The zero-order valence-electron chi connectivity index (χ0n) is 19.1. The van der Waals surface area contributed by atoms with Crippen molar-refractivity contribution in [1.82, 2.24) is 19.5 Å². The molecule has 1 aromatic carbocycles. The molecule has 1 aliphatic heterocycles. The van der Waals surface area contributed by atoms with E-state index >= 15 is 0 Å². The normalized spacial score (nSPS) is 27.1. The summed E-state index contributed by atoms with van der Waals surface area (Å²) >= 11 is 0. The van der Waals surface area contributed by atoms with Gasteiger partial charge in [-0.1, -0.05) is 0 Å². The van der Waals surface area contributed by atoms with E-state index in [1.165, 1.54) is 18.5 Å². The first-order valence-corrected chi connectivity index (χ1v) is 11.5. The minimum atomic E-state index is -4.35. The van der Waals surface area contributed by atoms with E-state index in [0.29, 0.717) is 43.1 Å². The summed E-state index contributed by atoms with van der Waals surface area (Å²) in [6, 6.07) is 4.82. The van der Waals surface area contributed by atoms with E-state index < -0.39 is 23.9 Å². The number of nitrogens with one attached hydrogen (secondary N) is 1. The van der Waals surface area contributed by atoms with Gasteiger partial charge < -0.3 is 29.7 Å². The monoisotopic (exact) mass is 492 g/mol. The number of anilines is 2. The van der Waals surface area contributed by atoms with E-state index in [9.17, 15) is 23.4 Å². The lowest BCUT2D eigenvalue weighted by molar-refractivity contribution is -0.137. The number of aliphatic hydroxyl groups is 2. The highest BCUT2D eigenvalue weighted by molar-refractivity contribution is 5.83. The Hall–Kier alpha value is -2.96. The molecule has 9 nitrogen and oxygen atoms in total. The van der Waals surface area contributed by atoms with Crippen LogP contribution in [-0.2, 0) is 10.9 Å². The summed E-state index contributed by atoms with van der Waals surface area (Å²) < 4.78 is 45.5. The maximum atomic E-state index is 12.8. The number of hydrogen-bond acceptors (Lipinski definition) is 8. The van der Waals surface area contributed by atoms with E-state index in [-0.39, 0.29) is 18.0 Å². The molecule has 5 atom stereocenters. The number of benzene rings is 1. The lowest BCUT2D eigenvalue weighted by Crippen LogP contribution is -2.30. The maximum Gasteiger partial charge on any atom is 0.416 e. The Labute approximate surface area is 199 Å². The van der Waals surface area contributed by atoms with Crippen LogP contribution in [0.2, 0.25) is 0 Å². The predicted octanol–water partition coefficient (Wildman–Crippen LogP) is 2.47. The highest BCUT2D eigenvalue weighted by atomic mass is 19.4. The molecule has 3 aromatic rings. The molecule has 3 heterocycles.